The third-order valence-electron chi connectivity index (χ3n) is 2.74. The summed E-state index contributed by atoms with van der Waals surface area (Å²) in [5.41, 5.74) is 1.27. The molecule has 2 aromatic rings. The molecule has 0 aliphatic heterocycles. The third kappa shape index (κ3) is 3.63. The molecule has 5 heteroatoms. The van der Waals surface area contributed by atoms with Crippen LogP contribution in [-0.2, 0) is 6.42 Å². The van der Waals surface area contributed by atoms with E-state index in [9.17, 15) is 4.39 Å². The van der Waals surface area contributed by atoms with Crippen molar-refractivity contribution in [1.29, 1.82) is 0 Å². The minimum absolute atomic E-state index is 0.159. The lowest BCUT2D eigenvalue weighted by molar-refractivity contribution is 0.608. The third-order valence-corrected chi connectivity index (χ3v) is 4.49. The molecule has 0 heterocycles. The molecule has 0 N–H and O–H groups in total. The van der Waals surface area contributed by atoms with Crippen molar-refractivity contribution >= 4 is 50.7 Å². The van der Waals surface area contributed by atoms with Crippen LogP contribution in [0.15, 0.2) is 36.4 Å². The van der Waals surface area contributed by atoms with Gasteiger partial charge in [0.1, 0.15) is 5.82 Å². The first kappa shape index (κ1) is 15.1. The fourth-order valence-electron chi connectivity index (χ4n) is 1.77. The van der Waals surface area contributed by atoms with E-state index < -0.39 is 0 Å². The molecule has 0 aromatic heterocycles. The van der Waals surface area contributed by atoms with Crippen LogP contribution in [0.25, 0.3) is 0 Å². The maximum atomic E-state index is 13.7. The quantitative estimate of drug-likeness (QED) is 0.534. The minimum atomic E-state index is -0.324. The van der Waals surface area contributed by atoms with Crippen LogP contribution in [0.5, 0.6) is 0 Å². The molecular weight excluding hydrogens is 373 g/mol. The maximum Gasteiger partial charge on any atom is 0.127 e. The highest BCUT2D eigenvalue weighted by Crippen LogP contribution is 2.36. The van der Waals surface area contributed by atoms with Crippen LogP contribution in [0, 0.1) is 5.82 Å². The Hall–Kier alpha value is -0.280. The van der Waals surface area contributed by atoms with Crippen LogP contribution in [0.1, 0.15) is 16.0 Å². The Bertz CT molecular complexity index is 581. The Balaban J connectivity index is 2.31. The average Bonchev–Trinajstić information content (AvgIpc) is 2.37. The molecule has 0 radical (unpaired) electrons. The van der Waals surface area contributed by atoms with Gasteiger partial charge in [-0.1, -0.05) is 56.8 Å². The fraction of sp³-hybridized carbons (Fsp3) is 0.143. The molecular formula is C14H9BrCl3F. The van der Waals surface area contributed by atoms with E-state index in [0.717, 1.165) is 5.56 Å². The van der Waals surface area contributed by atoms with Crippen LogP contribution >= 0.6 is 50.7 Å². The molecule has 2 aromatic carbocycles. The van der Waals surface area contributed by atoms with Crippen molar-refractivity contribution in [3.8, 4) is 0 Å². The van der Waals surface area contributed by atoms with Gasteiger partial charge in [0.15, 0.2) is 0 Å². The van der Waals surface area contributed by atoms with Gasteiger partial charge in [0, 0.05) is 25.5 Å². The van der Waals surface area contributed by atoms with Gasteiger partial charge in [0.2, 0.25) is 0 Å². The number of rotatable bonds is 3. The van der Waals surface area contributed by atoms with Gasteiger partial charge in [0.25, 0.3) is 0 Å². The van der Waals surface area contributed by atoms with Crippen LogP contribution in [0.4, 0.5) is 4.39 Å². The normalized spacial score (nSPS) is 12.5. The number of hydrogen-bond donors (Lipinski definition) is 0. The molecule has 0 nitrogen and oxygen atoms in total. The SMILES string of the molecule is Fc1cccc(Cl)c1CC(Br)c1cc(Cl)ccc1Cl. The first-order chi connectivity index (χ1) is 8.99. The molecule has 0 aliphatic carbocycles. The summed E-state index contributed by atoms with van der Waals surface area (Å²) in [5.74, 6) is -0.324. The summed E-state index contributed by atoms with van der Waals surface area (Å²) in [4.78, 5) is -0.159. The van der Waals surface area contributed by atoms with E-state index in [4.69, 9.17) is 34.8 Å². The minimum Gasteiger partial charge on any atom is -0.207 e. The second kappa shape index (κ2) is 6.45. The second-order valence-electron chi connectivity index (χ2n) is 4.04. The molecule has 0 saturated carbocycles. The van der Waals surface area contributed by atoms with E-state index in [1.807, 2.05) is 0 Å². The number of halogens is 5. The second-order valence-corrected chi connectivity index (χ2v) is 6.39. The summed E-state index contributed by atoms with van der Waals surface area (Å²) in [5, 5.41) is 1.57. The van der Waals surface area contributed by atoms with Crippen LogP contribution < -0.4 is 0 Å². The van der Waals surface area contributed by atoms with Crippen molar-refractivity contribution in [3.05, 3.63) is 68.4 Å². The molecule has 0 fully saturated rings. The van der Waals surface area contributed by atoms with E-state index in [0.29, 0.717) is 27.1 Å². The molecule has 2 rings (SSSR count). The predicted molar refractivity (Wildman–Crippen MR) is 83.2 cm³/mol. The van der Waals surface area contributed by atoms with Crippen molar-refractivity contribution in [2.24, 2.45) is 0 Å². The van der Waals surface area contributed by atoms with E-state index in [-0.39, 0.29) is 10.6 Å². The molecule has 0 saturated heterocycles. The van der Waals surface area contributed by atoms with Crippen LogP contribution in [-0.4, -0.2) is 0 Å². The Kier molecular flexibility index (Phi) is 5.13. The summed E-state index contributed by atoms with van der Waals surface area (Å²) in [6.45, 7) is 0. The van der Waals surface area contributed by atoms with Crippen molar-refractivity contribution in [3.63, 3.8) is 0 Å². The summed E-state index contributed by atoms with van der Waals surface area (Å²) < 4.78 is 13.7. The number of benzene rings is 2. The molecule has 0 aliphatic rings. The van der Waals surface area contributed by atoms with Crippen LogP contribution in [0.2, 0.25) is 15.1 Å². The van der Waals surface area contributed by atoms with Gasteiger partial charge in [-0.05, 0) is 42.3 Å². The predicted octanol–water partition coefficient (Wildman–Crippen LogP) is 6.46. The summed E-state index contributed by atoms with van der Waals surface area (Å²) in [6.07, 6.45) is 0.394. The highest BCUT2D eigenvalue weighted by Gasteiger charge is 2.16. The Morgan fingerprint density at radius 1 is 1.05 bits per heavy atom. The van der Waals surface area contributed by atoms with Gasteiger partial charge in [-0.25, -0.2) is 4.39 Å². The zero-order chi connectivity index (χ0) is 14.0. The lowest BCUT2D eigenvalue weighted by Crippen LogP contribution is -2.00. The number of hydrogen-bond acceptors (Lipinski definition) is 0. The molecule has 0 spiro atoms. The standard InChI is InChI=1S/C14H9BrCl3F/c15-11(9-6-8(16)4-5-13(9)18)7-10-12(17)2-1-3-14(10)19/h1-6,11H,7H2. The average molecular weight is 382 g/mol. The van der Waals surface area contributed by atoms with Gasteiger partial charge in [0.05, 0.1) is 0 Å². The van der Waals surface area contributed by atoms with E-state index >= 15 is 0 Å². The van der Waals surface area contributed by atoms with E-state index in [1.54, 1.807) is 30.3 Å². The van der Waals surface area contributed by atoms with Gasteiger partial charge in [-0.15, -0.1) is 0 Å². The topological polar surface area (TPSA) is 0 Å². The van der Waals surface area contributed by atoms with Crippen molar-refractivity contribution in [2.75, 3.05) is 0 Å². The zero-order valence-electron chi connectivity index (χ0n) is 9.64. The highest BCUT2D eigenvalue weighted by atomic mass is 79.9. The smallest absolute Gasteiger partial charge is 0.127 e. The first-order valence-electron chi connectivity index (χ1n) is 5.51. The molecule has 0 bridgehead atoms. The van der Waals surface area contributed by atoms with Crippen LogP contribution in [0.3, 0.4) is 0 Å². The molecule has 1 unspecified atom stereocenters. The monoisotopic (exact) mass is 380 g/mol. The molecule has 100 valence electrons. The van der Waals surface area contributed by atoms with E-state index in [2.05, 4.69) is 15.9 Å². The van der Waals surface area contributed by atoms with Gasteiger partial charge in [-0.3, -0.25) is 0 Å². The molecule has 1 atom stereocenters. The highest BCUT2D eigenvalue weighted by molar-refractivity contribution is 9.09. The van der Waals surface area contributed by atoms with Gasteiger partial charge in [-0.2, -0.15) is 0 Å². The van der Waals surface area contributed by atoms with Crippen molar-refractivity contribution < 1.29 is 4.39 Å². The summed E-state index contributed by atoms with van der Waals surface area (Å²) >= 11 is 21.6. The first-order valence-corrected chi connectivity index (χ1v) is 7.56. The zero-order valence-corrected chi connectivity index (χ0v) is 13.5. The molecule has 0 amide bonds. The Morgan fingerprint density at radius 3 is 2.47 bits per heavy atom. The van der Waals surface area contributed by atoms with Crippen molar-refractivity contribution in [2.45, 2.75) is 11.2 Å². The number of alkyl halides is 1. The Morgan fingerprint density at radius 2 is 1.79 bits per heavy atom. The lowest BCUT2D eigenvalue weighted by Gasteiger charge is -2.14. The maximum absolute atomic E-state index is 13.7. The molecule has 19 heavy (non-hydrogen) atoms. The van der Waals surface area contributed by atoms with Crippen molar-refractivity contribution in [1.82, 2.24) is 0 Å². The fourth-order valence-corrected chi connectivity index (χ4v) is 3.28. The summed E-state index contributed by atoms with van der Waals surface area (Å²) in [6, 6.07) is 9.83. The largest absolute Gasteiger partial charge is 0.207 e. The van der Waals surface area contributed by atoms with Gasteiger partial charge < -0.3 is 0 Å². The van der Waals surface area contributed by atoms with E-state index in [1.165, 1.54) is 6.07 Å². The Labute approximate surface area is 134 Å². The lowest BCUT2D eigenvalue weighted by atomic mass is 10.0. The summed E-state index contributed by atoms with van der Waals surface area (Å²) in [7, 11) is 0. The van der Waals surface area contributed by atoms with Gasteiger partial charge >= 0.3 is 0 Å².